The number of benzene rings is 2. The predicted molar refractivity (Wildman–Crippen MR) is 121 cm³/mol. The molecular formula is C24H28N4O4. The van der Waals surface area contributed by atoms with Crippen LogP contribution in [-0.4, -0.2) is 73.0 Å². The highest BCUT2D eigenvalue weighted by Gasteiger charge is 2.25. The van der Waals surface area contributed by atoms with Gasteiger partial charge < -0.3 is 19.1 Å². The smallest absolute Gasteiger partial charge is 0.257 e. The molecule has 1 aliphatic rings. The Hall–Kier alpha value is -3.52. The molecule has 1 amide bonds. The van der Waals surface area contributed by atoms with E-state index in [4.69, 9.17) is 14.2 Å². The van der Waals surface area contributed by atoms with Gasteiger partial charge in [-0.2, -0.15) is 5.10 Å². The van der Waals surface area contributed by atoms with Gasteiger partial charge in [-0.1, -0.05) is 24.3 Å². The van der Waals surface area contributed by atoms with Crippen LogP contribution in [0.3, 0.4) is 0 Å². The number of nitrogens with zero attached hydrogens (tertiary/aromatic N) is 4. The molecule has 1 aromatic heterocycles. The van der Waals surface area contributed by atoms with Crippen molar-refractivity contribution in [2.75, 3.05) is 47.5 Å². The minimum atomic E-state index is 0.00975. The molecule has 4 rings (SSSR count). The van der Waals surface area contributed by atoms with E-state index in [0.29, 0.717) is 42.4 Å². The topological polar surface area (TPSA) is 69.1 Å². The fourth-order valence-corrected chi connectivity index (χ4v) is 3.98. The summed E-state index contributed by atoms with van der Waals surface area (Å²) >= 11 is 0. The van der Waals surface area contributed by atoms with E-state index in [1.807, 2.05) is 47.4 Å². The number of rotatable bonds is 7. The van der Waals surface area contributed by atoms with Gasteiger partial charge in [-0.25, -0.2) is 4.68 Å². The zero-order chi connectivity index (χ0) is 22.5. The van der Waals surface area contributed by atoms with Crippen LogP contribution in [0.15, 0.2) is 54.9 Å². The van der Waals surface area contributed by atoms with Crippen molar-refractivity contribution in [2.24, 2.45) is 0 Å². The van der Waals surface area contributed by atoms with Crippen LogP contribution in [-0.2, 0) is 6.54 Å². The van der Waals surface area contributed by atoms with Gasteiger partial charge in [-0.05, 0) is 18.2 Å². The zero-order valence-corrected chi connectivity index (χ0v) is 18.7. The van der Waals surface area contributed by atoms with E-state index < -0.39 is 0 Å². The number of methoxy groups -OCH3 is 3. The molecule has 0 spiro atoms. The summed E-state index contributed by atoms with van der Waals surface area (Å²) in [6, 6.07) is 13.7. The van der Waals surface area contributed by atoms with Crippen LogP contribution in [0.25, 0.3) is 5.69 Å². The van der Waals surface area contributed by atoms with Crippen LogP contribution in [0.1, 0.15) is 15.9 Å². The lowest BCUT2D eigenvalue weighted by Gasteiger charge is -2.34. The summed E-state index contributed by atoms with van der Waals surface area (Å²) in [4.78, 5) is 17.2. The molecule has 0 N–H and O–H groups in total. The Bertz CT molecular complexity index is 1060. The van der Waals surface area contributed by atoms with Crippen LogP contribution in [0.4, 0.5) is 0 Å². The number of carbonyl (C=O) groups is 1. The Morgan fingerprint density at radius 2 is 1.62 bits per heavy atom. The maximum absolute atomic E-state index is 13.0. The molecule has 0 radical (unpaired) electrons. The standard InChI is InChI=1S/C24H28N4O4/c1-30-21-10-9-18(22(31-2)23(21)32-3)16-26-11-13-27(14-12-26)24(29)19-15-25-28(17-19)20-7-5-4-6-8-20/h4-10,15,17H,11-14,16H2,1-3H3. The first-order valence-corrected chi connectivity index (χ1v) is 10.5. The van der Waals surface area contributed by atoms with Crippen molar-refractivity contribution in [1.29, 1.82) is 0 Å². The highest BCUT2D eigenvalue weighted by molar-refractivity contribution is 5.93. The van der Waals surface area contributed by atoms with Crippen molar-refractivity contribution in [2.45, 2.75) is 6.54 Å². The van der Waals surface area contributed by atoms with Gasteiger partial charge >= 0.3 is 0 Å². The third-order valence-electron chi connectivity index (χ3n) is 5.69. The number of carbonyl (C=O) groups excluding carboxylic acids is 1. The number of aromatic nitrogens is 2. The van der Waals surface area contributed by atoms with Gasteiger partial charge in [0.25, 0.3) is 5.91 Å². The van der Waals surface area contributed by atoms with E-state index in [9.17, 15) is 4.79 Å². The molecule has 1 saturated heterocycles. The quantitative estimate of drug-likeness (QED) is 0.567. The zero-order valence-electron chi connectivity index (χ0n) is 18.7. The number of piperazine rings is 1. The SMILES string of the molecule is COc1ccc(CN2CCN(C(=O)c3cnn(-c4ccccc4)c3)CC2)c(OC)c1OC. The molecule has 0 aliphatic carbocycles. The van der Waals surface area contributed by atoms with Gasteiger partial charge in [0.1, 0.15) is 0 Å². The summed E-state index contributed by atoms with van der Waals surface area (Å²) in [5, 5.41) is 4.35. The predicted octanol–water partition coefficient (Wildman–Crippen LogP) is 2.86. The van der Waals surface area contributed by atoms with Gasteiger partial charge in [-0.3, -0.25) is 9.69 Å². The number of amides is 1. The van der Waals surface area contributed by atoms with E-state index in [0.717, 1.165) is 24.3 Å². The Morgan fingerprint density at radius 1 is 0.906 bits per heavy atom. The van der Waals surface area contributed by atoms with Crippen molar-refractivity contribution >= 4 is 5.91 Å². The van der Waals surface area contributed by atoms with Crippen LogP contribution in [0.5, 0.6) is 17.2 Å². The average molecular weight is 437 g/mol. The van der Waals surface area contributed by atoms with Crippen molar-refractivity contribution in [1.82, 2.24) is 19.6 Å². The van der Waals surface area contributed by atoms with Gasteiger partial charge in [-0.15, -0.1) is 0 Å². The van der Waals surface area contributed by atoms with Gasteiger partial charge in [0.15, 0.2) is 11.5 Å². The van der Waals surface area contributed by atoms with Crippen molar-refractivity contribution < 1.29 is 19.0 Å². The monoisotopic (exact) mass is 436 g/mol. The van der Waals surface area contributed by atoms with E-state index in [1.54, 1.807) is 38.4 Å². The number of para-hydroxylation sites is 1. The van der Waals surface area contributed by atoms with Crippen molar-refractivity contribution in [3.63, 3.8) is 0 Å². The Balaban J connectivity index is 1.39. The summed E-state index contributed by atoms with van der Waals surface area (Å²) in [7, 11) is 4.85. The third kappa shape index (κ3) is 4.40. The van der Waals surface area contributed by atoms with Crippen LogP contribution >= 0.6 is 0 Å². The van der Waals surface area contributed by atoms with Gasteiger partial charge in [0.2, 0.25) is 5.75 Å². The Morgan fingerprint density at radius 3 is 2.28 bits per heavy atom. The van der Waals surface area contributed by atoms with E-state index in [1.165, 1.54) is 0 Å². The normalized spacial score (nSPS) is 14.3. The van der Waals surface area contributed by atoms with Crippen LogP contribution in [0, 0.1) is 0 Å². The summed E-state index contributed by atoms with van der Waals surface area (Å²) in [5.74, 6) is 1.92. The summed E-state index contributed by atoms with van der Waals surface area (Å²) in [5.41, 5.74) is 2.55. The molecule has 1 fully saturated rings. The molecule has 0 atom stereocenters. The maximum Gasteiger partial charge on any atom is 0.257 e. The fourth-order valence-electron chi connectivity index (χ4n) is 3.98. The molecular weight excluding hydrogens is 408 g/mol. The maximum atomic E-state index is 13.0. The number of hydrogen-bond acceptors (Lipinski definition) is 6. The van der Waals surface area contributed by atoms with Crippen LogP contribution < -0.4 is 14.2 Å². The molecule has 0 bridgehead atoms. The summed E-state index contributed by atoms with van der Waals surface area (Å²) in [6.45, 7) is 3.57. The minimum Gasteiger partial charge on any atom is -0.493 e. The van der Waals surface area contributed by atoms with E-state index in [2.05, 4.69) is 10.00 Å². The first-order chi connectivity index (χ1) is 15.6. The fraction of sp³-hybridized carbons (Fsp3) is 0.333. The van der Waals surface area contributed by atoms with E-state index >= 15 is 0 Å². The van der Waals surface area contributed by atoms with Crippen LogP contribution in [0.2, 0.25) is 0 Å². The minimum absolute atomic E-state index is 0.00975. The van der Waals surface area contributed by atoms with Crippen molar-refractivity contribution in [3.05, 3.63) is 66.0 Å². The Kier molecular flexibility index (Phi) is 6.61. The molecule has 2 aromatic carbocycles. The first kappa shape index (κ1) is 21.7. The summed E-state index contributed by atoms with van der Waals surface area (Å²) in [6.07, 6.45) is 3.43. The molecule has 32 heavy (non-hydrogen) atoms. The molecule has 1 aliphatic heterocycles. The van der Waals surface area contributed by atoms with Gasteiger partial charge in [0, 0.05) is 44.5 Å². The molecule has 0 unspecified atom stereocenters. The number of hydrogen-bond donors (Lipinski definition) is 0. The average Bonchev–Trinajstić information content (AvgIpc) is 3.34. The Labute approximate surface area is 187 Å². The molecule has 168 valence electrons. The van der Waals surface area contributed by atoms with Crippen molar-refractivity contribution in [3.8, 4) is 22.9 Å². The largest absolute Gasteiger partial charge is 0.493 e. The second kappa shape index (κ2) is 9.74. The molecule has 8 heteroatoms. The molecule has 8 nitrogen and oxygen atoms in total. The first-order valence-electron chi connectivity index (χ1n) is 10.5. The highest BCUT2D eigenvalue weighted by Crippen LogP contribution is 2.40. The molecule has 2 heterocycles. The lowest BCUT2D eigenvalue weighted by molar-refractivity contribution is 0.0627. The second-order valence-corrected chi connectivity index (χ2v) is 7.57. The van der Waals surface area contributed by atoms with E-state index in [-0.39, 0.29) is 5.91 Å². The second-order valence-electron chi connectivity index (χ2n) is 7.57. The highest BCUT2D eigenvalue weighted by atomic mass is 16.5. The lowest BCUT2D eigenvalue weighted by atomic mass is 10.1. The lowest BCUT2D eigenvalue weighted by Crippen LogP contribution is -2.48. The third-order valence-corrected chi connectivity index (χ3v) is 5.69. The molecule has 3 aromatic rings. The molecule has 0 saturated carbocycles. The summed E-state index contributed by atoms with van der Waals surface area (Å²) < 4.78 is 18.2. The number of ether oxygens (including phenoxy) is 3. The van der Waals surface area contributed by atoms with Gasteiger partial charge in [0.05, 0.1) is 38.8 Å².